The Morgan fingerprint density at radius 3 is 2.24 bits per heavy atom. The second-order valence-corrected chi connectivity index (χ2v) is 8.93. The Kier molecular flexibility index (Phi) is 7.33. The molecule has 34 heavy (non-hydrogen) atoms. The average molecular weight is 468 g/mol. The van der Waals surface area contributed by atoms with Gasteiger partial charge in [-0.3, -0.25) is 10.1 Å². The van der Waals surface area contributed by atoms with Crippen molar-refractivity contribution < 1.29 is 9.53 Å². The van der Waals surface area contributed by atoms with Crippen LogP contribution in [0.4, 0.5) is 0 Å². The van der Waals surface area contributed by atoms with E-state index < -0.39 is 5.54 Å². The maximum absolute atomic E-state index is 12.7. The first-order valence-electron chi connectivity index (χ1n) is 11.1. The van der Waals surface area contributed by atoms with E-state index in [4.69, 9.17) is 16.3 Å². The summed E-state index contributed by atoms with van der Waals surface area (Å²) >= 11 is 5.98. The number of ether oxygens (including phenoxy) is 1. The lowest BCUT2D eigenvalue weighted by Crippen LogP contribution is -2.51. The van der Waals surface area contributed by atoms with Crippen LogP contribution in [-0.4, -0.2) is 18.6 Å². The molecule has 0 aliphatic rings. The lowest BCUT2D eigenvalue weighted by molar-refractivity contribution is -0.148. The standard InChI is InChI=1S/C30H26ClNO2/c1-30(29(33)34-2,32-21-24-12-16-28(31)17-13-24)20-25-11-15-26-18-23(10-14-27(26)19-25)9-8-22-6-4-3-5-7-22/h3-7,10-19,32H,20-21H2,1-2H3/t30-/m0/s1. The Hall–Kier alpha value is -3.58. The molecule has 0 radical (unpaired) electrons. The fraction of sp³-hybridized carbons (Fsp3) is 0.167. The molecule has 0 spiro atoms. The number of carbonyl (C=O) groups is 1. The first kappa shape index (κ1) is 23.6. The lowest BCUT2D eigenvalue weighted by Gasteiger charge is -2.28. The van der Waals surface area contributed by atoms with E-state index in [2.05, 4.69) is 47.5 Å². The van der Waals surface area contributed by atoms with Gasteiger partial charge in [-0.15, -0.1) is 0 Å². The molecule has 4 aromatic rings. The number of esters is 1. The van der Waals surface area contributed by atoms with Gasteiger partial charge in [-0.25, -0.2) is 0 Å². The Balaban J connectivity index is 1.53. The molecule has 0 saturated heterocycles. The van der Waals surface area contributed by atoms with Gasteiger partial charge in [0.1, 0.15) is 5.54 Å². The zero-order valence-electron chi connectivity index (χ0n) is 19.3. The van der Waals surface area contributed by atoms with E-state index in [1.807, 2.05) is 67.6 Å². The molecule has 0 fully saturated rings. The zero-order valence-corrected chi connectivity index (χ0v) is 20.0. The lowest BCUT2D eigenvalue weighted by atomic mass is 9.91. The van der Waals surface area contributed by atoms with Crippen molar-refractivity contribution >= 4 is 28.3 Å². The number of carbonyl (C=O) groups excluding carboxylic acids is 1. The van der Waals surface area contributed by atoms with Crippen LogP contribution in [-0.2, 0) is 22.5 Å². The SMILES string of the molecule is COC(=O)[C@](C)(Cc1ccc2cc(C#Cc3ccccc3)ccc2c1)NCc1ccc(Cl)cc1. The number of halogens is 1. The molecule has 1 N–H and O–H groups in total. The summed E-state index contributed by atoms with van der Waals surface area (Å²) in [4.78, 5) is 12.7. The topological polar surface area (TPSA) is 38.3 Å². The monoisotopic (exact) mass is 467 g/mol. The molecule has 0 aromatic heterocycles. The van der Waals surface area contributed by atoms with Gasteiger partial charge in [-0.2, -0.15) is 0 Å². The summed E-state index contributed by atoms with van der Waals surface area (Å²) in [6.07, 6.45) is 0.499. The maximum Gasteiger partial charge on any atom is 0.326 e. The molecule has 4 rings (SSSR count). The Morgan fingerprint density at radius 1 is 0.853 bits per heavy atom. The molecule has 0 aliphatic carbocycles. The highest BCUT2D eigenvalue weighted by molar-refractivity contribution is 6.30. The van der Waals surface area contributed by atoms with Crippen molar-refractivity contribution in [3.63, 3.8) is 0 Å². The molecule has 0 saturated carbocycles. The van der Waals surface area contributed by atoms with Crippen LogP contribution in [0.1, 0.15) is 29.2 Å². The Bertz CT molecular complexity index is 1350. The van der Waals surface area contributed by atoms with E-state index in [0.29, 0.717) is 18.0 Å². The molecule has 3 nitrogen and oxygen atoms in total. The van der Waals surface area contributed by atoms with Gasteiger partial charge in [-0.1, -0.05) is 78.0 Å². The third kappa shape index (κ3) is 5.85. The molecule has 170 valence electrons. The van der Waals surface area contributed by atoms with Crippen LogP contribution < -0.4 is 5.32 Å². The number of benzene rings is 4. The largest absolute Gasteiger partial charge is 0.468 e. The van der Waals surface area contributed by atoms with Gasteiger partial charge >= 0.3 is 5.97 Å². The van der Waals surface area contributed by atoms with Crippen LogP contribution in [0.5, 0.6) is 0 Å². The smallest absolute Gasteiger partial charge is 0.326 e. The van der Waals surface area contributed by atoms with E-state index in [9.17, 15) is 4.79 Å². The Morgan fingerprint density at radius 2 is 1.50 bits per heavy atom. The normalized spacial score (nSPS) is 12.4. The number of nitrogens with one attached hydrogen (secondary N) is 1. The van der Waals surface area contributed by atoms with Gasteiger partial charge in [0.05, 0.1) is 7.11 Å². The minimum Gasteiger partial charge on any atom is -0.468 e. The van der Waals surface area contributed by atoms with Gasteiger partial charge in [0.25, 0.3) is 0 Å². The summed E-state index contributed by atoms with van der Waals surface area (Å²) in [6.45, 7) is 2.40. The second-order valence-electron chi connectivity index (χ2n) is 8.49. The molecular formula is C30H26ClNO2. The van der Waals surface area contributed by atoms with Crippen LogP contribution in [0.2, 0.25) is 5.02 Å². The van der Waals surface area contributed by atoms with Crippen molar-refractivity contribution in [3.8, 4) is 11.8 Å². The van der Waals surface area contributed by atoms with E-state index in [1.54, 1.807) is 0 Å². The fourth-order valence-corrected chi connectivity index (χ4v) is 4.01. The minimum atomic E-state index is -0.872. The molecule has 0 aliphatic heterocycles. The van der Waals surface area contributed by atoms with Crippen molar-refractivity contribution in [3.05, 3.63) is 118 Å². The molecule has 4 heteroatoms. The summed E-state index contributed by atoms with van der Waals surface area (Å²) in [6, 6.07) is 30.0. The van der Waals surface area contributed by atoms with E-state index >= 15 is 0 Å². The van der Waals surface area contributed by atoms with E-state index in [0.717, 1.165) is 33.0 Å². The number of fused-ring (bicyclic) bond motifs is 1. The van der Waals surface area contributed by atoms with Gasteiger partial charge < -0.3 is 4.74 Å². The number of methoxy groups -OCH3 is 1. The number of rotatable bonds is 6. The van der Waals surface area contributed by atoms with Crippen molar-refractivity contribution in [2.75, 3.05) is 7.11 Å². The van der Waals surface area contributed by atoms with Crippen molar-refractivity contribution in [1.29, 1.82) is 0 Å². The molecule has 0 heterocycles. The minimum absolute atomic E-state index is 0.298. The van der Waals surface area contributed by atoms with Gasteiger partial charge in [0.2, 0.25) is 0 Å². The van der Waals surface area contributed by atoms with Gasteiger partial charge in [-0.05, 0) is 65.2 Å². The highest BCUT2D eigenvalue weighted by Crippen LogP contribution is 2.22. The average Bonchev–Trinajstić information content (AvgIpc) is 2.87. The van der Waals surface area contributed by atoms with Crippen LogP contribution >= 0.6 is 11.6 Å². The predicted molar refractivity (Wildman–Crippen MR) is 139 cm³/mol. The molecule has 1 atom stereocenters. The fourth-order valence-electron chi connectivity index (χ4n) is 3.89. The third-order valence-corrected chi connectivity index (χ3v) is 6.07. The predicted octanol–water partition coefficient (Wildman–Crippen LogP) is 6.16. The summed E-state index contributed by atoms with van der Waals surface area (Å²) in [5, 5.41) is 6.28. The molecular weight excluding hydrogens is 442 g/mol. The van der Waals surface area contributed by atoms with E-state index in [-0.39, 0.29) is 5.97 Å². The molecule has 0 unspecified atom stereocenters. The van der Waals surface area contributed by atoms with Gasteiger partial charge in [0.15, 0.2) is 0 Å². The highest BCUT2D eigenvalue weighted by atomic mass is 35.5. The van der Waals surface area contributed by atoms with Crippen molar-refractivity contribution in [2.45, 2.75) is 25.4 Å². The van der Waals surface area contributed by atoms with Crippen LogP contribution in [0.15, 0.2) is 91.0 Å². The molecule has 4 aromatic carbocycles. The maximum atomic E-state index is 12.7. The third-order valence-electron chi connectivity index (χ3n) is 5.82. The van der Waals surface area contributed by atoms with Crippen LogP contribution in [0.3, 0.4) is 0 Å². The van der Waals surface area contributed by atoms with Crippen molar-refractivity contribution in [1.82, 2.24) is 5.32 Å². The summed E-state index contributed by atoms with van der Waals surface area (Å²) in [5.74, 6) is 6.14. The second kappa shape index (κ2) is 10.6. The van der Waals surface area contributed by atoms with Gasteiger partial charge in [0, 0.05) is 29.1 Å². The number of hydrogen-bond donors (Lipinski definition) is 1. The molecule has 0 bridgehead atoms. The summed E-state index contributed by atoms with van der Waals surface area (Å²) < 4.78 is 5.12. The first-order chi connectivity index (χ1) is 16.4. The first-order valence-corrected chi connectivity index (χ1v) is 11.5. The van der Waals surface area contributed by atoms with Crippen molar-refractivity contribution in [2.24, 2.45) is 0 Å². The number of hydrogen-bond acceptors (Lipinski definition) is 3. The van der Waals surface area contributed by atoms with Crippen LogP contribution in [0.25, 0.3) is 10.8 Å². The quantitative estimate of drug-likeness (QED) is 0.273. The molecule has 0 amide bonds. The summed E-state index contributed by atoms with van der Waals surface area (Å²) in [7, 11) is 1.42. The zero-order chi connectivity index (χ0) is 24.0. The van der Waals surface area contributed by atoms with Crippen LogP contribution in [0, 0.1) is 11.8 Å². The highest BCUT2D eigenvalue weighted by Gasteiger charge is 2.34. The summed E-state index contributed by atoms with van der Waals surface area (Å²) in [5.41, 5.74) is 3.18. The Labute approximate surface area is 205 Å². The van der Waals surface area contributed by atoms with E-state index in [1.165, 1.54) is 7.11 Å².